The third-order valence-electron chi connectivity index (χ3n) is 3.71. The van der Waals surface area contributed by atoms with Gasteiger partial charge in [-0.25, -0.2) is 13.1 Å². The summed E-state index contributed by atoms with van der Waals surface area (Å²) in [5, 5.41) is 12.8. The van der Waals surface area contributed by atoms with Gasteiger partial charge in [-0.2, -0.15) is 13.2 Å². The van der Waals surface area contributed by atoms with Gasteiger partial charge in [0.15, 0.2) is 0 Å². The van der Waals surface area contributed by atoms with Crippen molar-refractivity contribution in [3.8, 4) is 0 Å². The maximum absolute atomic E-state index is 13.2. The Hall–Kier alpha value is -1.72. The Morgan fingerprint density at radius 3 is 2.35 bits per heavy atom. The van der Waals surface area contributed by atoms with Crippen LogP contribution in [0.2, 0.25) is 0 Å². The summed E-state index contributed by atoms with van der Waals surface area (Å²) < 4.78 is 65.5. The minimum atomic E-state index is -4.60. The molecule has 1 aromatic carbocycles. The number of nitro benzene ring substituents is 1. The summed E-state index contributed by atoms with van der Waals surface area (Å²) in [6, 6.07) is 3.90. The molecule has 1 fully saturated rings. The van der Waals surface area contributed by atoms with Crippen molar-refractivity contribution in [1.29, 1.82) is 0 Å². The van der Waals surface area contributed by atoms with Crippen LogP contribution in [0, 0.1) is 10.1 Å². The van der Waals surface area contributed by atoms with Gasteiger partial charge in [-0.3, -0.25) is 10.1 Å². The van der Waals surface area contributed by atoms with Crippen LogP contribution in [0.25, 0.3) is 0 Å². The Morgan fingerprint density at radius 1 is 1.30 bits per heavy atom. The average Bonchev–Trinajstić information content (AvgIpc) is 2.95. The summed E-state index contributed by atoms with van der Waals surface area (Å²) in [4.78, 5) is 9.48. The molecule has 1 saturated heterocycles. The van der Waals surface area contributed by atoms with Gasteiger partial charge in [0, 0.05) is 18.7 Å². The predicted molar refractivity (Wildman–Crippen MR) is 74.3 cm³/mol. The van der Waals surface area contributed by atoms with Crippen molar-refractivity contribution in [2.24, 2.45) is 0 Å². The van der Waals surface area contributed by atoms with E-state index in [1.165, 1.54) is 0 Å². The van der Waals surface area contributed by atoms with E-state index in [0.29, 0.717) is 6.42 Å². The van der Waals surface area contributed by atoms with E-state index in [4.69, 9.17) is 0 Å². The zero-order valence-corrected chi connectivity index (χ0v) is 12.6. The maximum Gasteiger partial charge on any atom is 0.407 e. The summed E-state index contributed by atoms with van der Waals surface area (Å²) in [6.45, 7) is -0.686. The number of alkyl halides is 3. The van der Waals surface area contributed by atoms with Gasteiger partial charge in [0.1, 0.15) is 5.54 Å². The van der Waals surface area contributed by atoms with Gasteiger partial charge in [0.05, 0.1) is 9.82 Å². The van der Waals surface area contributed by atoms with Crippen molar-refractivity contribution in [2.75, 3.05) is 13.1 Å². The molecule has 0 spiro atoms. The maximum atomic E-state index is 13.2. The van der Waals surface area contributed by atoms with E-state index in [1.807, 2.05) is 4.72 Å². The topological polar surface area (TPSA) is 101 Å². The van der Waals surface area contributed by atoms with Gasteiger partial charge >= 0.3 is 6.18 Å². The van der Waals surface area contributed by atoms with Crippen molar-refractivity contribution in [2.45, 2.75) is 29.5 Å². The highest BCUT2D eigenvalue weighted by molar-refractivity contribution is 7.89. The quantitative estimate of drug-likeness (QED) is 0.618. The molecule has 2 rings (SSSR count). The van der Waals surface area contributed by atoms with Crippen molar-refractivity contribution < 1.29 is 26.5 Å². The first-order valence-electron chi connectivity index (χ1n) is 6.63. The molecule has 128 valence electrons. The number of nitro groups is 1. The van der Waals surface area contributed by atoms with E-state index >= 15 is 0 Å². The van der Waals surface area contributed by atoms with E-state index in [-0.39, 0.29) is 23.5 Å². The van der Waals surface area contributed by atoms with Crippen LogP contribution < -0.4 is 10.0 Å². The van der Waals surface area contributed by atoms with Crippen LogP contribution in [0.15, 0.2) is 29.2 Å². The molecular formula is C12H14F3N3O4S. The summed E-state index contributed by atoms with van der Waals surface area (Å²) in [5.41, 5.74) is -2.60. The molecule has 1 unspecified atom stereocenters. The first kappa shape index (κ1) is 17.6. The largest absolute Gasteiger partial charge is 0.407 e. The number of rotatable bonds is 5. The molecule has 11 heteroatoms. The van der Waals surface area contributed by atoms with Crippen LogP contribution in [0.3, 0.4) is 0 Å². The fourth-order valence-corrected chi connectivity index (χ4v) is 3.45. The number of nitrogens with one attached hydrogen (secondary N) is 2. The molecule has 0 bridgehead atoms. The SMILES string of the molecule is O=[N+]([O-])c1ccc(S(=O)(=O)NCC2(C(F)(F)F)CCCN2)cc1. The molecule has 1 aliphatic heterocycles. The number of sulfonamides is 1. The number of benzene rings is 1. The van der Waals surface area contributed by atoms with Gasteiger partial charge in [0.2, 0.25) is 10.0 Å². The van der Waals surface area contributed by atoms with Gasteiger partial charge < -0.3 is 5.32 Å². The second-order valence-electron chi connectivity index (χ2n) is 5.19. The number of non-ortho nitro benzene ring substituents is 1. The van der Waals surface area contributed by atoms with Crippen LogP contribution in [0.4, 0.5) is 18.9 Å². The molecular weight excluding hydrogens is 339 g/mol. The molecule has 2 N–H and O–H groups in total. The lowest BCUT2D eigenvalue weighted by Crippen LogP contribution is -2.59. The Labute approximate surface area is 130 Å². The Balaban J connectivity index is 2.16. The summed E-state index contributed by atoms with van der Waals surface area (Å²) >= 11 is 0. The van der Waals surface area contributed by atoms with Crippen LogP contribution in [-0.2, 0) is 10.0 Å². The highest BCUT2D eigenvalue weighted by Crippen LogP contribution is 2.36. The highest BCUT2D eigenvalue weighted by atomic mass is 32.2. The van der Waals surface area contributed by atoms with Crippen LogP contribution in [0.5, 0.6) is 0 Å². The van der Waals surface area contributed by atoms with E-state index in [0.717, 1.165) is 24.3 Å². The number of halogens is 3. The molecule has 1 aliphatic rings. The summed E-state index contributed by atoms with van der Waals surface area (Å²) in [7, 11) is -4.20. The Bertz CT molecular complexity index is 682. The van der Waals surface area contributed by atoms with E-state index in [9.17, 15) is 31.7 Å². The second kappa shape index (κ2) is 6.06. The van der Waals surface area contributed by atoms with Crippen molar-refractivity contribution in [3.63, 3.8) is 0 Å². The van der Waals surface area contributed by atoms with Crippen LogP contribution >= 0.6 is 0 Å². The van der Waals surface area contributed by atoms with Crippen molar-refractivity contribution >= 4 is 15.7 Å². The van der Waals surface area contributed by atoms with Gasteiger partial charge in [-0.1, -0.05) is 0 Å². The van der Waals surface area contributed by atoms with Crippen LogP contribution in [-0.4, -0.2) is 38.1 Å². The Morgan fingerprint density at radius 2 is 1.91 bits per heavy atom. The smallest absolute Gasteiger partial charge is 0.303 e. The van der Waals surface area contributed by atoms with E-state index in [2.05, 4.69) is 5.32 Å². The van der Waals surface area contributed by atoms with Crippen molar-refractivity contribution in [3.05, 3.63) is 34.4 Å². The normalized spacial score (nSPS) is 22.2. The second-order valence-corrected chi connectivity index (χ2v) is 6.95. The van der Waals surface area contributed by atoms with Gasteiger partial charge in [-0.15, -0.1) is 0 Å². The van der Waals surface area contributed by atoms with E-state index in [1.54, 1.807) is 0 Å². The first-order valence-corrected chi connectivity index (χ1v) is 8.12. The fraction of sp³-hybridized carbons (Fsp3) is 0.500. The Kier molecular flexibility index (Phi) is 4.64. The minimum absolute atomic E-state index is 0.152. The number of hydrogen-bond donors (Lipinski definition) is 2. The molecule has 0 radical (unpaired) electrons. The lowest BCUT2D eigenvalue weighted by atomic mass is 9.97. The minimum Gasteiger partial charge on any atom is -0.303 e. The van der Waals surface area contributed by atoms with E-state index < -0.39 is 33.2 Å². The molecule has 0 saturated carbocycles. The third kappa shape index (κ3) is 3.62. The molecule has 0 aliphatic carbocycles. The molecule has 7 nitrogen and oxygen atoms in total. The average molecular weight is 353 g/mol. The molecule has 0 amide bonds. The number of nitrogens with zero attached hydrogens (tertiary/aromatic N) is 1. The molecule has 1 atom stereocenters. The monoisotopic (exact) mass is 353 g/mol. The summed E-state index contributed by atoms with van der Waals surface area (Å²) in [6.07, 6.45) is -4.53. The lowest BCUT2D eigenvalue weighted by molar-refractivity contribution is -0.384. The van der Waals surface area contributed by atoms with Crippen LogP contribution in [0.1, 0.15) is 12.8 Å². The fourth-order valence-electron chi connectivity index (χ4n) is 2.35. The van der Waals surface area contributed by atoms with Gasteiger partial charge in [0.25, 0.3) is 5.69 Å². The standard InChI is InChI=1S/C12H14F3N3O4S/c13-12(14,15)11(6-1-7-16-11)8-17-23(21,22)10-4-2-9(3-5-10)18(19)20/h2-5,16-17H,1,6-8H2. The first-order chi connectivity index (χ1) is 10.6. The van der Waals surface area contributed by atoms with Gasteiger partial charge in [-0.05, 0) is 31.5 Å². The molecule has 1 heterocycles. The summed E-state index contributed by atoms with van der Waals surface area (Å²) in [5.74, 6) is 0. The lowest BCUT2D eigenvalue weighted by Gasteiger charge is -2.32. The molecule has 1 aromatic rings. The number of hydrogen-bond acceptors (Lipinski definition) is 5. The molecule has 23 heavy (non-hydrogen) atoms. The zero-order valence-electron chi connectivity index (χ0n) is 11.8. The third-order valence-corrected chi connectivity index (χ3v) is 5.13. The zero-order chi connectivity index (χ0) is 17.3. The highest BCUT2D eigenvalue weighted by Gasteiger charge is 2.56. The molecule has 0 aromatic heterocycles. The predicted octanol–water partition coefficient (Wildman–Crippen LogP) is 1.56. The van der Waals surface area contributed by atoms with Crippen molar-refractivity contribution in [1.82, 2.24) is 10.0 Å².